The molecule has 1 amide bonds. The van der Waals surface area contributed by atoms with Crippen molar-refractivity contribution < 1.29 is 19.0 Å². The highest BCUT2D eigenvalue weighted by Crippen LogP contribution is 2.43. The van der Waals surface area contributed by atoms with Crippen molar-refractivity contribution in [3.63, 3.8) is 0 Å². The van der Waals surface area contributed by atoms with E-state index < -0.39 is 0 Å². The molecule has 2 aromatic heterocycles. The Morgan fingerprint density at radius 1 is 1.24 bits per heavy atom. The summed E-state index contributed by atoms with van der Waals surface area (Å²) in [6.07, 6.45) is 6.22. The first-order chi connectivity index (χ1) is 18.1. The minimum absolute atomic E-state index is 0.0573. The summed E-state index contributed by atoms with van der Waals surface area (Å²) in [6, 6.07) is 15.4. The van der Waals surface area contributed by atoms with Crippen molar-refractivity contribution in [2.45, 2.75) is 37.6 Å². The number of aromatic nitrogens is 2. The Hall–Kier alpha value is -3.47. The molecule has 0 saturated carbocycles. The molecule has 0 radical (unpaired) electrons. The topological polar surface area (TPSA) is 89.9 Å². The predicted octanol–water partition coefficient (Wildman–Crippen LogP) is 3.83. The summed E-state index contributed by atoms with van der Waals surface area (Å²) < 4.78 is 18.7. The third kappa shape index (κ3) is 5.31. The van der Waals surface area contributed by atoms with Crippen molar-refractivity contribution in [3.8, 4) is 5.75 Å². The Balaban J connectivity index is 1.56. The van der Waals surface area contributed by atoms with Crippen molar-refractivity contribution in [2.24, 2.45) is 0 Å². The number of benzene rings is 1. The quantitative estimate of drug-likeness (QED) is 0.411. The maximum Gasteiger partial charge on any atom is 0.250 e. The van der Waals surface area contributed by atoms with E-state index in [9.17, 15) is 4.79 Å². The number of carbonyl (C=O) groups excluding carboxylic acids is 1. The summed E-state index contributed by atoms with van der Waals surface area (Å²) in [5.74, 6) is 0.277. The summed E-state index contributed by atoms with van der Waals surface area (Å²) in [6.45, 7) is 1.52. The van der Waals surface area contributed by atoms with E-state index in [-0.39, 0.29) is 30.7 Å². The molecule has 2 aliphatic heterocycles. The second-order valence-electron chi connectivity index (χ2n) is 9.08. The summed E-state index contributed by atoms with van der Waals surface area (Å²) in [7, 11) is 3.05. The highest BCUT2D eigenvalue weighted by atomic mass is 32.1. The van der Waals surface area contributed by atoms with Crippen LogP contribution in [0.3, 0.4) is 0 Å². The Morgan fingerprint density at radius 3 is 2.86 bits per heavy atom. The number of nitrogens with one attached hydrogen (secondary N) is 2. The van der Waals surface area contributed by atoms with Crippen LogP contribution < -0.4 is 20.3 Å². The number of pyridine rings is 1. The van der Waals surface area contributed by atoms with Crippen molar-refractivity contribution in [1.82, 2.24) is 14.9 Å². The largest absolute Gasteiger partial charge is 0.495 e. The minimum Gasteiger partial charge on any atom is -0.495 e. The van der Waals surface area contributed by atoms with E-state index in [2.05, 4.69) is 43.4 Å². The van der Waals surface area contributed by atoms with Gasteiger partial charge in [-0.05, 0) is 67.5 Å². The van der Waals surface area contributed by atoms with Gasteiger partial charge in [0.15, 0.2) is 5.11 Å². The standard InChI is InChI=1S/C27H31N5O4S/c1-34-17-24(33)29-21-15-18(10-11-23(21)35-2)32-26(25(30-27(32)37)20-8-3-4-12-28-20)22-9-5-13-31(22)16-19-7-6-14-36-19/h3-5,8-13,15,19,25-26H,6-7,14,16-17H2,1-2H3,(H,29,33)(H,30,37). The third-order valence-corrected chi connectivity index (χ3v) is 7.02. The summed E-state index contributed by atoms with van der Waals surface area (Å²) >= 11 is 5.89. The molecule has 10 heteroatoms. The van der Waals surface area contributed by atoms with Gasteiger partial charge in [-0.25, -0.2) is 0 Å². The number of hydrogen-bond acceptors (Lipinski definition) is 6. The van der Waals surface area contributed by atoms with Crippen LogP contribution in [-0.4, -0.2) is 54.1 Å². The van der Waals surface area contributed by atoms with Gasteiger partial charge in [0.2, 0.25) is 5.91 Å². The van der Waals surface area contributed by atoms with Crippen molar-refractivity contribution in [1.29, 1.82) is 0 Å². The lowest BCUT2D eigenvalue weighted by Crippen LogP contribution is -2.31. The summed E-state index contributed by atoms with van der Waals surface area (Å²) in [4.78, 5) is 19.0. The van der Waals surface area contributed by atoms with Gasteiger partial charge in [-0.3, -0.25) is 9.78 Å². The molecule has 37 heavy (non-hydrogen) atoms. The van der Waals surface area contributed by atoms with E-state index in [1.54, 1.807) is 13.3 Å². The Labute approximate surface area is 221 Å². The van der Waals surface area contributed by atoms with Gasteiger partial charge in [0.1, 0.15) is 18.4 Å². The number of anilines is 2. The maximum atomic E-state index is 12.3. The van der Waals surface area contributed by atoms with E-state index in [0.717, 1.165) is 43.1 Å². The molecule has 4 heterocycles. The smallest absolute Gasteiger partial charge is 0.250 e. The number of hydrogen-bond donors (Lipinski definition) is 2. The molecule has 194 valence electrons. The van der Waals surface area contributed by atoms with Crippen LogP contribution in [0.4, 0.5) is 11.4 Å². The zero-order valence-corrected chi connectivity index (χ0v) is 21.7. The van der Waals surface area contributed by atoms with Gasteiger partial charge in [0.05, 0.1) is 30.6 Å². The van der Waals surface area contributed by atoms with Crippen LogP contribution in [0.5, 0.6) is 5.75 Å². The average Bonchev–Trinajstić information content (AvgIpc) is 3.65. The average molecular weight is 522 g/mol. The Bertz CT molecular complexity index is 1240. The van der Waals surface area contributed by atoms with E-state index >= 15 is 0 Å². The van der Waals surface area contributed by atoms with Crippen LogP contribution in [0.1, 0.15) is 36.3 Å². The molecule has 1 aromatic carbocycles. The molecular formula is C27H31N5O4S. The highest BCUT2D eigenvalue weighted by molar-refractivity contribution is 7.80. The molecule has 2 N–H and O–H groups in total. The lowest BCUT2D eigenvalue weighted by Gasteiger charge is -2.30. The number of carbonyl (C=O) groups is 1. The van der Waals surface area contributed by atoms with Gasteiger partial charge in [0, 0.05) is 44.0 Å². The number of methoxy groups -OCH3 is 2. The van der Waals surface area contributed by atoms with Crippen molar-refractivity contribution in [2.75, 3.05) is 37.7 Å². The Morgan fingerprint density at radius 2 is 2.14 bits per heavy atom. The normalized spacial score (nSPS) is 21.2. The minimum atomic E-state index is -0.270. The highest BCUT2D eigenvalue weighted by Gasteiger charge is 2.42. The molecule has 3 atom stereocenters. The maximum absolute atomic E-state index is 12.3. The van der Waals surface area contributed by atoms with Crippen molar-refractivity contribution in [3.05, 3.63) is 72.3 Å². The molecular weight excluding hydrogens is 490 g/mol. The van der Waals surface area contributed by atoms with E-state index in [1.807, 2.05) is 36.4 Å². The lowest BCUT2D eigenvalue weighted by atomic mass is 10.0. The van der Waals surface area contributed by atoms with Gasteiger partial charge < -0.3 is 34.3 Å². The molecule has 0 spiro atoms. The second-order valence-corrected chi connectivity index (χ2v) is 9.47. The fourth-order valence-corrected chi connectivity index (χ4v) is 5.41. The molecule has 5 rings (SSSR count). The predicted molar refractivity (Wildman–Crippen MR) is 145 cm³/mol. The summed E-state index contributed by atoms with van der Waals surface area (Å²) in [5, 5.41) is 6.95. The first-order valence-corrected chi connectivity index (χ1v) is 12.7. The first kappa shape index (κ1) is 25.2. The van der Waals surface area contributed by atoms with Gasteiger partial charge in [-0.2, -0.15) is 0 Å². The number of ether oxygens (including phenoxy) is 3. The zero-order chi connectivity index (χ0) is 25.8. The van der Waals surface area contributed by atoms with E-state index in [0.29, 0.717) is 16.5 Å². The fraction of sp³-hybridized carbons (Fsp3) is 0.370. The first-order valence-electron chi connectivity index (χ1n) is 12.3. The molecule has 2 saturated heterocycles. The number of nitrogens with zero attached hydrogens (tertiary/aromatic N) is 3. The number of rotatable bonds is 9. The van der Waals surface area contributed by atoms with Crippen LogP contribution in [-0.2, 0) is 20.8 Å². The van der Waals surface area contributed by atoms with Gasteiger partial charge >= 0.3 is 0 Å². The van der Waals surface area contributed by atoms with Crippen LogP contribution in [0.15, 0.2) is 60.9 Å². The molecule has 3 aromatic rings. The molecule has 9 nitrogen and oxygen atoms in total. The van der Waals surface area contributed by atoms with Crippen LogP contribution in [0.25, 0.3) is 0 Å². The number of thiocarbonyl (C=S) groups is 1. The monoisotopic (exact) mass is 521 g/mol. The Kier molecular flexibility index (Phi) is 7.68. The van der Waals surface area contributed by atoms with Crippen molar-refractivity contribution >= 4 is 34.6 Å². The fourth-order valence-electron chi connectivity index (χ4n) is 5.06. The number of amides is 1. The van der Waals surface area contributed by atoms with Gasteiger partial charge in [-0.1, -0.05) is 6.07 Å². The van der Waals surface area contributed by atoms with E-state index in [4.69, 9.17) is 26.4 Å². The summed E-state index contributed by atoms with van der Waals surface area (Å²) in [5.41, 5.74) is 3.35. The molecule has 0 aliphatic carbocycles. The van der Waals surface area contributed by atoms with Gasteiger partial charge in [-0.15, -0.1) is 0 Å². The lowest BCUT2D eigenvalue weighted by molar-refractivity contribution is -0.119. The van der Waals surface area contributed by atoms with Crippen LogP contribution in [0.2, 0.25) is 0 Å². The van der Waals surface area contributed by atoms with Crippen LogP contribution >= 0.6 is 12.2 Å². The van der Waals surface area contributed by atoms with Crippen LogP contribution in [0, 0.1) is 0 Å². The second kappa shape index (κ2) is 11.3. The van der Waals surface area contributed by atoms with Gasteiger partial charge in [0.25, 0.3) is 0 Å². The van der Waals surface area contributed by atoms with E-state index in [1.165, 1.54) is 7.11 Å². The zero-order valence-electron chi connectivity index (χ0n) is 20.9. The SMILES string of the molecule is COCC(=O)Nc1cc(N2C(=S)NC(c3ccccn3)C2c2cccn2CC2CCCO2)ccc1OC. The molecule has 2 aliphatic rings. The third-order valence-electron chi connectivity index (χ3n) is 6.70. The molecule has 3 unspecified atom stereocenters. The molecule has 2 fully saturated rings. The molecule has 0 bridgehead atoms.